The number of nitrogens with two attached hydrogens (primary N) is 1. The molecular weight excluding hydrogens is 1150 g/mol. The number of carbonyl (C=O) groups excluding carboxylic acids is 3. The Balaban J connectivity index is 0.000000366. The first-order valence-electron chi connectivity index (χ1n) is 24.6. The van der Waals surface area contributed by atoms with E-state index in [1.165, 1.54) is 7.11 Å². The topological polar surface area (TPSA) is 262 Å². The largest absolute Gasteiger partial charge is 1.00 e. The van der Waals surface area contributed by atoms with Crippen molar-refractivity contribution >= 4 is 73.5 Å². The average Bonchev–Trinajstić information content (AvgIpc) is 3.50. The van der Waals surface area contributed by atoms with Gasteiger partial charge < -0.3 is 30.8 Å². The van der Waals surface area contributed by atoms with Crippen molar-refractivity contribution in [2.75, 3.05) is 30.1 Å². The number of carbonyl (C=O) groups is 5. The Labute approximate surface area is 516 Å². The van der Waals surface area contributed by atoms with E-state index in [1.807, 2.05) is 243 Å². The van der Waals surface area contributed by atoms with E-state index in [-0.39, 0.29) is 77.0 Å². The number of esters is 1. The minimum atomic E-state index is -1.49. The molecule has 0 radical (unpaired) electrons. The van der Waals surface area contributed by atoms with E-state index >= 15 is 0 Å². The van der Waals surface area contributed by atoms with Crippen LogP contribution in [0.5, 0.6) is 0 Å². The van der Waals surface area contributed by atoms with Gasteiger partial charge in [-0.1, -0.05) is 250 Å². The maximum absolute atomic E-state index is 12.5. The van der Waals surface area contributed by atoms with Gasteiger partial charge in [0.1, 0.15) is 23.0 Å². The Kier molecular flexibility index (Phi) is 35.3. The molecule has 0 saturated carbocycles. The van der Waals surface area contributed by atoms with Crippen LogP contribution in [0.25, 0.3) is 0 Å². The number of amides is 1. The van der Waals surface area contributed by atoms with Crippen LogP contribution in [0.2, 0.25) is 0 Å². The number of carboxylic acids is 2. The molecule has 0 aromatic heterocycles. The third-order valence-electron chi connectivity index (χ3n) is 11.2. The molecule has 8 rings (SSSR count). The van der Waals surface area contributed by atoms with E-state index in [0.717, 1.165) is 44.5 Å². The standard InChI is InChI=1S/C16H16O3S.C15H15NO2S.2C15H14O3S.CH2O3.CH4.Na/c1-19-15(17)12-20(18)16(13-8-4-2-5-9-13)14-10-6-3-7-11-14;3*16-14(17)11-19(18)15(12-7-3-1-4-8-12)13-9-5-2-6-10-13;2-1-4-3;;/h2-11,16H,12H2,1H3;1-10,15H,11H2,(H2,16,17);2*1-10,15H,11H2,(H,16,17);1,3H;1H4;/q;;;;;;+1/p-1. The maximum Gasteiger partial charge on any atom is 1.00 e. The first-order valence-corrected chi connectivity index (χ1v) is 30.1. The quantitative estimate of drug-likeness (QED) is 0.0245. The second-order valence-corrected chi connectivity index (χ2v) is 23.0. The van der Waals surface area contributed by atoms with Crippen LogP contribution in [-0.2, 0) is 76.8 Å². The number of primary amides is 1. The number of rotatable bonds is 21. The monoisotopic (exact) mass is 1210 g/mol. The van der Waals surface area contributed by atoms with Gasteiger partial charge in [-0.15, -0.1) is 0 Å². The van der Waals surface area contributed by atoms with Gasteiger partial charge in [-0.2, -0.15) is 0 Å². The summed E-state index contributed by atoms with van der Waals surface area (Å²) in [7, 11) is -4.40. The van der Waals surface area contributed by atoms with Gasteiger partial charge in [0.2, 0.25) is 5.91 Å². The Morgan fingerprint density at radius 2 is 0.578 bits per heavy atom. The van der Waals surface area contributed by atoms with E-state index < -0.39 is 77.5 Å². The van der Waals surface area contributed by atoms with Crippen molar-refractivity contribution in [3.05, 3.63) is 287 Å². The van der Waals surface area contributed by atoms with E-state index in [0.29, 0.717) is 0 Å². The molecule has 0 aliphatic heterocycles. The van der Waals surface area contributed by atoms with Gasteiger partial charge in [-0.3, -0.25) is 40.8 Å². The number of benzene rings is 8. The maximum atomic E-state index is 12.5. The number of methoxy groups -OCH3 is 1. The van der Waals surface area contributed by atoms with E-state index in [9.17, 15) is 36.0 Å². The van der Waals surface area contributed by atoms with Crippen LogP contribution in [0, 0.1) is 0 Å². The molecule has 0 saturated heterocycles. The fourth-order valence-corrected chi connectivity index (χ4v) is 13.4. The zero-order chi connectivity index (χ0) is 58.8. The van der Waals surface area contributed by atoms with Crippen LogP contribution >= 0.6 is 0 Å². The van der Waals surface area contributed by atoms with Crippen molar-refractivity contribution in [3.63, 3.8) is 0 Å². The molecule has 15 nitrogen and oxygen atoms in total. The van der Waals surface area contributed by atoms with Crippen LogP contribution < -0.4 is 40.5 Å². The molecule has 8 aromatic rings. The number of ether oxygens (including phenoxy) is 1. The van der Waals surface area contributed by atoms with Crippen molar-refractivity contribution in [3.8, 4) is 0 Å². The summed E-state index contributed by atoms with van der Waals surface area (Å²) in [6, 6.07) is 75.6. The second kappa shape index (κ2) is 40.8. The molecule has 8 aromatic carbocycles. The molecule has 0 aliphatic rings. The molecule has 430 valence electrons. The number of hydrogen-bond acceptors (Lipinski definition) is 12. The molecule has 83 heavy (non-hydrogen) atoms. The average molecular weight is 1210 g/mol. The molecule has 4 atom stereocenters. The molecule has 1 amide bonds. The van der Waals surface area contributed by atoms with E-state index in [2.05, 4.69) is 9.62 Å². The number of carboxylic acid groups (broad SMARTS) is 2. The summed E-state index contributed by atoms with van der Waals surface area (Å²) in [6.45, 7) is -0.181. The molecule has 4 N–H and O–H groups in total. The van der Waals surface area contributed by atoms with Gasteiger partial charge in [0.25, 0.3) is 6.47 Å². The summed E-state index contributed by atoms with van der Waals surface area (Å²) in [4.78, 5) is 55.2. The van der Waals surface area contributed by atoms with Crippen LogP contribution in [0.4, 0.5) is 0 Å². The molecule has 0 fully saturated rings. The Bertz CT molecular complexity index is 2820. The second-order valence-electron chi connectivity index (χ2n) is 16.9. The third kappa shape index (κ3) is 25.8. The van der Waals surface area contributed by atoms with Gasteiger partial charge in [0, 0.05) is 43.2 Å². The molecular formula is C63H64NNaO14S4. The first kappa shape index (κ1) is 71.8. The summed E-state index contributed by atoms with van der Waals surface area (Å²) in [5.41, 5.74) is 12.3. The van der Waals surface area contributed by atoms with Crippen LogP contribution in [0.3, 0.4) is 0 Å². The first-order chi connectivity index (χ1) is 39.2. The minimum absolute atomic E-state index is 0. The van der Waals surface area contributed by atoms with Crippen LogP contribution in [0.1, 0.15) is 72.9 Å². The van der Waals surface area contributed by atoms with Crippen LogP contribution in [-0.4, -0.2) is 87.5 Å². The Morgan fingerprint density at radius 3 is 0.723 bits per heavy atom. The van der Waals surface area contributed by atoms with E-state index in [4.69, 9.17) is 26.0 Å². The van der Waals surface area contributed by atoms with Crippen molar-refractivity contribution in [1.82, 2.24) is 0 Å². The fraction of sp³-hybridized carbons (Fsp3) is 0.159. The Morgan fingerprint density at radius 1 is 0.410 bits per heavy atom. The SMILES string of the molecule is C.COC(=O)CS(=O)C(c1ccccc1)c1ccccc1.NC(=O)CS(=O)C(c1ccccc1)c1ccccc1.O=C(O)CS(=O)C(c1ccccc1)c1ccccc1.O=C(O)CS(=O)C(c1ccccc1)c1ccccc1.O=CO[O-].[Na+]. The van der Waals surface area contributed by atoms with Gasteiger partial charge in [-0.05, 0) is 44.5 Å². The zero-order valence-electron chi connectivity index (χ0n) is 44.8. The number of hydrogen-bond donors (Lipinski definition) is 3. The number of aliphatic carboxylic acids is 2. The van der Waals surface area contributed by atoms with Gasteiger partial charge >= 0.3 is 47.5 Å². The molecule has 4 unspecified atom stereocenters. The summed E-state index contributed by atoms with van der Waals surface area (Å²) in [5.74, 6) is -4.04. The summed E-state index contributed by atoms with van der Waals surface area (Å²) >= 11 is 0. The van der Waals surface area contributed by atoms with Gasteiger partial charge in [0.15, 0.2) is 0 Å². The summed E-state index contributed by atoms with van der Waals surface area (Å²) < 4.78 is 54.1. The summed E-state index contributed by atoms with van der Waals surface area (Å²) in [5, 5.41) is 24.6. The molecule has 0 aliphatic carbocycles. The van der Waals surface area contributed by atoms with Crippen molar-refractivity contribution < 1.29 is 95.5 Å². The molecule has 0 bridgehead atoms. The molecule has 0 spiro atoms. The molecule has 0 heterocycles. The smallest absolute Gasteiger partial charge is 0.662 e. The van der Waals surface area contributed by atoms with Crippen molar-refractivity contribution in [2.24, 2.45) is 5.73 Å². The van der Waals surface area contributed by atoms with Crippen molar-refractivity contribution in [1.29, 1.82) is 0 Å². The molecule has 20 heteroatoms. The minimum Gasteiger partial charge on any atom is -0.662 e. The van der Waals surface area contributed by atoms with E-state index in [1.54, 1.807) is 0 Å². The Hall–Kier alpha value is -7.33. The zero-order valence-corrected chi connectivity index (χ0v) is 50.1. The summed E-state index contributed by atoms with van der Waals surface area (Å²) in [6.07, 6.45) is 0. The van der Waals surface area contributed by atoms with Crippen molar-refractivity contribution in [2.45, 2.75) is 28.4 Å². The van der Waals surface area contributed by atoms with Crippen LogP contribution in [0.15, 0.2) is 243 Å². The van der Waals surface area contributed by atoms with Gasteiger partial charge in [0.05, 0.1) is 28.1 Å². The third-order valence-corrected chi connectivity index (χ3v) is 17.6. The fourth-order valence-electron chi connectivity index (χ4n) is 7.90. The predicted octanol–water partition coefficient (Wildman–Crippen LogP) is 6.00. The normalized spacial score (nSPS) is 11.6. The predicted molar refractivity (Wildman–Crippen MR) is 321 cm³/mol. The van der Waals surface area contributed by atoms with Gasteiger partial charge in [-0.25, -0.2) is 0 Å².